The number of hydrogen-bond donors (Lipinski definition) is 0. The molecule has 0 aliphatic rings. The molecule has 0 saturated carbocycles. The van der Waals surface area contributed by atoms with E-state index in [2.05, 4.69) is 4.74 Å². The number of ether oxygens (including phenoxy) is 1. The van der Waals surface area contributed by atoms with Crippen LogP contribution in [0.25, 0.3) is 6.08 Å². The fourth-order valence-electron chi connectivity index (χ4n) is 0.904. The second-order valence-electron chi connectivity index (χ2n) is 2.66. The normalized spacial score (nSPS) is 10.7. The minimum atomic E-state index is -0.631. The van der Waals surface area contributed by atoms with Gasteiger partial charge in [0, 0.05) is 6.08 Å². The van der Waals surface area contributed by atoms with E-state index >= 15 is 0 Å². The van der Waals surface area contributed by atoms with E-state index in [1.807, 2.05) is 0 Å². The van der Waals surface area contributed by atoms with Gasteiger partial charge < -0.3 is 4.74 Å². The van der Waals surface area contributed by atoms with Gasteiger partial charge in [-0.2, -0.15) is 0 Å². The summed E-state index contributed by atoms with van der Waals surface area (Å²) in [5, 5.41) is -0.0342. The molecule has 15 heavy (non-hydrogen) atoms. The van der Waals surface area contributed by atoms with E-state index < -0.39 is 11.8 Å². The molecule has 0 spiro atoms. The molecule has 0 atom stereocenters. The lowest BCUT2D eigenvalue weighted by Crippen LogP contribution is -1.93. The monoisotopic (exact) mass is 248 g/mol. The molecule has 2 nitrogen and oxygen atoms in total. The van der Waals surface area contributed by atoms with Crippen LogP contribution in [0.2, 0.25) is 10.0 Å². The zero-order valence-electron chi connectivity index (χ0n) is 7.76. The van der Waals surface area contributed by atoms with Crippen molar-refractivity contribution < 1.29 is 13.9 Å². The maximum Gasteiger partial charge on any atom is 0.330 e. The first kappa shape index (κ1) is 12.0. The molecule has 80 valence electrons. The Kier molecular flexibility index (Phi) is 4.12. The molecule has 0 saturated heterocycles. The summed E-state index contributed by atoms with van der Waals surface area (Å²) in [6, 6.07) is 2.63. The molecule has 0 bridgehead atoms. The molecule has 0 unspecified atom stereocenters. The third-order valence-corrected chi connectivity index (χ3v) is 2.40. The number of hydrogen-bond acceptors (Lipinski definition) is 2. The van der Waals surface area contributed by atoms with E-state index in [0.717, 1.165) is 0 Å². The van der Waals surface area contributed by atoms with Gasteiger partial charge in [0.25, 0.3) is 0 Å². The van der Waals surface area contributed by atoms with Crippen LogP contribution in [0.1, 0.15) is 5.56 Å². The minimum absolute atomic E-state index is 0.0983. The highest BCUT2D eigenvalue weighted by Crippen LogP contribution is 2.26. The van der Waals surface area contributed by atoms with Gasteiger partial charge in [0.05, 0.1) is 17.2 Å². The number of halogens is 3. The maximum atomic E-state index is 13.1. The standard InChI is InChI=1S/C10H7Cl2FO2/c1-15-9(14)3-2-6-4-7(11)10(12)8(13)5-6/h2-5H,1H3. The molecule has 0 radical (unpaired) electrons. The van der Waals surface area contributed by atoms with Gasteiger partial charge in [0.15, 0.2) is 0 Å². The molecule has 0 aliphatic carbocycles. The number of esters is 1. The Hall–Kier alpha value is -1.06. The fourth-order valence-corrected chi connectivity index (χ4v) is 1.23. The van der Waals surface area contributed by atoms with Gasteiger partial charge in [-0.05, 0) is 23.8 Å². The molecule has 0 amide bonds. The van der Waals surface area contributed by atoms with Crippen LogP contribution in [-0.2, 0) is 9.53 Å². The Labute approximate surface area is 96.2 Å². The van der Waals surface area contributed by atoms with Crippen molar-refractivity contribution in [2.24, 2.45) is 0 Å². The summed E-state index contributed by atoms with van der Waals surface area (Å²) < 4.78 is 17.5. The quantitative estimate of drug-likeness (QED) is 0.456. The lowest BCUT2D eigenvalue weighted by molar-refractivity contribution is -0.134. The van der Waals surface area contributed by atoms with Gasteiger partial charge >= 0.3 is 5.97 Å². The first-order valence-electron chi connectivity index (χ1n) is 3.95. The summed E-state index contributed by atoms with van der Waals surface area (Å²) in [4.78, 5) is 10.8. The molecule has 0 N–H and O–H groups in total. The summed E-state index contributed by atoms with van der Waals surface area (Å²) in [6.45, 7) is 0. The van der Waals surface area contributed by atoms with Crippen molar-refractivity contribution in [1.82, 2.24) is 0 Å². The number of benzene rings is 1. The van der Waals surface area contributed by atoms with E-state index in [1.165, 1.54) is 31.4 Å². The summed E-state index contributed by atoms with van der Waals surface area (Å²) in [7, 11) is 1.25. The zero-order valence-corrected chi connectivity index (χ0v) is 9.27. The predicted octanol–water partition coefficient (Wildman–Crippen LogP) is 3.32. The Morgan fingerprint density at radius 1 is 1.47 bits per heavy atom. The summed E-state index contributed by atoms with van der Waals surface area (Å²) in [5.41, 5.74) is 0.437. The van der Waals surface area contributed by atoms with Gasteiger partial charge in [-0.15, -0.1) is 0 Å². The summed E-state index contributed by atoms with van der Waals surface area (Å²) in [6.07, 6.45) is 2.55. The molecule has 1 aromatic rings. The van der Waals surface area contributed by atoms with Gasteiger partial charge in [0.1, 0.15) is 5.82 Å². The van der Waals surface area contributed by atoms with Crippen molar-refractivity contribution in [2.45, 2.75) is 0 Å². The van der Waals surface area contributed by atoms with E-state index in [9.17, 15) is 9.18 Å². The van der Waals surface area contributed by atoms with Crippen LogP contribution in [-0.4, -0.2) is 13.1 Å². The molecule has 0 heterocycles. The fraction of sp³-hybridized carbons (Fsp3) is 0.100. The topological polar surface area (TPSA) is 26.3 Å². The van der Waals surface area contributed by atoms with Gasteiger partial charge in [-0.25, -0.2) is 9.18 Å². The van der Waals surface area contributed by atoms with Crippen molar-refractivity contribution in [3.8, 4) is 0 Å². The zero-order chi connectivity index (χ0) is 11.4. The van der Waals surface area contributed by atoms with Crippen molar-refractivity contribution in [3.63, 3.8) is 0 Å². The highest BCUT2D eigenvalue weighted by Gasteiger charge is 2.05. The average Bonchev–Trinajstić information content (AvgIpc) is 2.22. The second-order valence-corrected chi connectivity index (χ2v) is 3.44. The third-order valence-electron chi connectivity index (χ3n) is 1.62. The van der Waals surface area contributed by atoms with Gasteiger partial charge in [0.2, 0.25) is 0 Å². The van der Waals surface area contributed by atoms with Gasteiger partial charge in [-0.1, -0.05) is 23.2 Å². The summed E-state index contributed by atoms with van der Waals surface area (Å²) >= 11 is 11.2. The lowest BCUT2D eigenvalue weighted by atomic mass is 10.2. The molecular weight excluding hydrogens is 242 g/mol. The Morgan fingerprint density at radius 3 is 2.67 bits per heavy atom. The van der Waals surface area contributed by atoms with E-state index in [1.54, 1.807) is 0 Å². The highest BCUT2D eigenvalue weighted by atomic mass is 35.5. The third kappa shape index (κ3) is 3.22. The lowest BCUT2D eigenvalue weighted by Gasteiger charge is -1.99. The second kappa shape index (κ2) is 5.14. The van der Waals surface area contributed by atoms with Gasteiger partial charge in [-0.3, -0.25) is 0 Å². The van der Waals surface area contributed by atoms with E-state index in [-0.39, 0.29) is 10.0 Å². The largest absolute Gasteiger partial charge is 0.466 e. The van der Waals surface area contributed by atoms with E-state index in [0.29, 0.717) is 5.56 Å². The first-order chi connectivity index (χ1) is 7.04. The van der Waals surface area contributed by atoms with Crippen molar-refractivity contribution in [2.75, 3.05) is 7.11 Å². The van der Waals surface area contributed by atoms with Crippen LogP contribution in [0.3, 0.4) is 0 Å². The van der Waals surface area contributed by atoms with Crippen molar-refractivity contribution >= 4 is 35.2 Å². The first-order valence-corrected chi connectivity index (χ1v) is 4.70. The van der Waals surface area contributed by atoms with E-state index in [4.69, 9.17) is 23.2 Å². The summed E-state index contributed by atoms with van der Waals surface area (Å²) in [5.74, 6) is -1.16. The molecule has 0 fully saturated rings. The molecule has 0 aromatic heterocycles. The highest BCUT2D eigenvalue weighted by molar-refractivity contribution is 6.42. The van der Waals surface area contributed by atoms with Crippen molar-refractivity contribution in [3.05, 3.63) is 39.6 Å². The predicted molar refractivity (Wildman–Crippen MR) is 57.5 cm³/mol. The molecule has 0 aliphatic heterocycles. The van der Waals surface area contributed by atoms with Crippen LogP contribution in [0.4, 0.5) is 4.39 Å². The molecule has 1 rings (SSSR count). The number of carbonyl (C=O) groups is 1. The van der Waals surface area contributed by atoms with Crippen LogP contribution in [0.15, 0.2) is 18.2 Å². The Bertz CT molecular complexity index is 393. The smallest absolute Gasteiger partial charge is 0.330 e. The number of methoxy groups -OCH3 is 1. The Balaban J connectivity index is 2.97. The maximum absolute atomic E-state index is 13.1. The number of carbonyl (C=O) groups excluding carboxylic acids is 1. The van der Waals surface area contributed by atoms with Crippen LogP contribution in [0, 0.1) is 5.82 Å². The molecular formula is C10H7Cl2FO2. The van der Waals surface area contributed by atoms with Crippen LogP contribution >= 0.6 is 23.2 Å². The SMILES string of the molecule is COC(=O)C=Cc1cc(F)c(Cl)c(Cl)c1. The van der Waals surface area contributed by atoms with Crippen LogP contribution < -0.4 is 0 Å². The Morgan fingerprint density at radius 2 is 2.13 bits per heavy atom. The molecule has 5 heteroatoms. The number of rotatable bonds is 2. The minimum Gasteiger partial charge on any atom is -0.466 e. The van der Waals surface area contributed by atoms with Crippen molar-refractivity contribution in [1.29, 1.82) is 0 Å². The van der Waals surface area contributed by atoms with Crippen LogP contribution in [0.5, 0.6) is 0 Å². The average molecular weight is 249 g/mol. The molecule has 1 aromatic carbocycles.